The Morgan fingerprint density at radius 2 is 1.17 bits per heavy atom. The lowest BCUT2D eigenvalue weighted by Gasteiger charge is -1.96. The van der Waals surface area contributed by atoms with Crippen molar-refractivity contribution in [3.05, 3.63) is 47.5 Å². The van der Waals surface area contributed by atoms with Crippen LogP contribution in [0.4, 0.5) is 0 Å². The van der Waals surface area contributed by atoms with Gasteiger partial charge in [-0.15, -0.1) is 0 Å². The van der Waals surface area contributed by atoms with Crippen molar-refractivity contribution in [1.82, 2.24) is 0 Å². The fourth-order valence-electron chi connectivity index (χ4n) is 1.18. The molecule has 1 aromatic rings. The number of ether oxygens (including phenoxy) is 2. The number of carbonyl (C=O) groups is 2. The Morgan fingerprint density at radius 1 is 0.833 bits per heavy atom. The third-order valence-corrected chi connectivity index (χ3v) is 2.16. The highest BCUT2D eigenvalue weighted by molar-refractivity contribution is 5.88. The molecule has 0 saturated heterocycles. The first kappa shape index (κ1) is 13.7. The highest BCUT2D eigenvalue weighted by Gasteiger charge is 1.94. The molecule has 0 N–H and O–H groups in total. The Kier molecular flexibility index (Phi) is 5.38. The van der Waals surface area contributed by atoms with E-state index in [2.05, 4.69) is 9.47 Å². The molecule has 4 nitrogen and oxygen atoms in total. The Balaban J connectivity index is 2.68. The van der Waals surface area contributed by atoms with Crippen molar-refractivity contribution in [3.63, 3.8) is 0 Å². The number of carbonyl (C=O) groups excluding carboxylic acids is 2. The van der Waals surface area contributed by atoms with Gasteiger partial charge in [-0.3, -0.25) is 0 Å². The summed E-state index contributed by atoms with van der Waals surface area (Å²) in [7, 11) is 2.65. The van der Waals surface area contributed by atoms with Crippen molar-refractivity contribution < 1.29 is 19.1 Å². The third-order valence-electron chi connectivity index (χ3n) is 2.16. The molecule has 0 atom stereocenters. The van der Waals surface area contributed by atoms with E-state index in [9.17, 15) is 9.59 Å². The molecule has 0 saturated carbocycles. The lowest BCUT2D eigenvalue weighted by molar-refractivity contribution is -0.135. The van der Waals surface area contributed by atoms with E-state index in [1.165, 1.54) is 26.4 Å². The lowest BCUT2D eigenvalue weighted by Crippen LogP contribution is -1.93. The van der Waals surface area contributed by atoms with Gasteiger partial charge in [-0.05, 0) is 23.3 Å². The van der Waals surface area contributed by atoms with Gasteiger partial charge in [0, 0.05) is 12.2 Å². The molecule has 0 heterocycles. The van der Waals surface area contributed by atoms with E-state index in [4.69, 9.17) is 0 Å². The number of hydrogen-bond acceptors (Lipinski definition) is 4. The zero-order chi connectivity index (χ0) is 13.4. The molecule has 0 unspecified atom stereocenters. The van der Waals surface area contributed by atoms with Crippen LogP contribution in [-0.2, 0) is 19.1 Å². The average molecular weight is 246 g/mol. The van der Waals surface area contributed by atoms with Gasteiger partial charge in [0.15, 0.2) is 0 Å². The zero-order valence-corrected chi connectivity index (χ0v) is 10.3. The summed E-state index contributed by atoms with van der Waals surface area (Å²) in [6, 6.07) is 7.32. The van der Waals surface area contributed by atoms with Gasteiger partial charge in [-0.1, -0.05) is 24.3 Å². The largest absolute Gasteiger partial charge is 0.466 e. The van der Waals surface area contributed by atoms with Gasteiger partial charge in [0.25, 0.3) is 0 Å². The molecule has 0 aliphatic carbocycles. The minimum absolute atomic E-state index is 0.398. The fraction of sp³-hybridized carbons (Fsp3) is 0.143. The van der Waals surface area contributed by atoms with Crippen LogP contribution in [0.2, 0.25) is 0 Å². The summed E-state index contributed by atoms with van der Waals surface area (Å²) in [5, 5.41) is 0. The van der Waals surface area contributed by atoms with Crippen LogP contribution >= 0.6 is 0 Å². The minimum Gasteiger partial charge on any atom is -0.466 e. The summed E-state index contributed by atoms with van der Waals surface area (Å²) in [6.07, 6.45) is 6.00. The van der Waals surface area contributed by atoms with Crippen molar-refractivity contribution in [2.75, 3.05) is 14.2 Å². The molecule has 0 fully saturated rings. The molecule has 0 aliphatic rings. The molecule has 0 aliphatic heterocycles. The topological polar surface area (TPSA) is 52.6 Å². The highest BCUT2D eigenvalue weighted by atomic mass is 16.5. The van der Waals surface area contributed by atoms with Gasteiger partial charge in [0.05, 0.1) is 14.2 Å². The molecule has 18 heavy (non-hydrogen) atoms. The van der Waals surface area contributed by atoms with Crippen LogP contribution in [0.1, 0.15) is 11.1 Å². The van der Waals surface area contributed by atoms with Gasteiger partial charge in [0.2, 0.25) is 0 Å². The molecule has 94 valence electrons. The van der Waals surface area contributed by atoms with Crippen molar-refractivity contribution in [2.45, 2.75) is 0 Å². The fourth-order valence-corrected chi connectivity index (χ4v) is 1.18. The summed E-state index contributed by atoms with van der Waals surface area (Å²) in [4.78, 5) is 21.8. The molecule has 4 heteroatoms. The van der Waals surface area contributed by atoms with Crippen LogP contribution in [0, 0.1) is 0 Å². The van der Waals surface area contributed by atoms with Crippen molar-refractivity contribution in [1.29, 1.82) is 0 Å². The van der Waals surface area contributed by atoms with E-state index in [-0.39, 0.29) is 0 Å². The summed E-state index contributed by atoms with van der Waals surface area (Å²) in [5.41, 5.74) is 1.74. The highest BCUT2D eigenvalue weighted by Crippen LogP contribution is 2.08. The maximum absolute atomic E-state index is 10.9. The van der Waals surface area contributed by atoms with Crippen LogP contribution in [0.3, 0.4) is 0 Å². The van der Waals surface area contributed by atoms with E-state index < -0.39 is 11.9 Å². The third kappa shape index (κ3) is 4.65. The summed E-state index contributed by atoms with van der Waals surface area (Å²) >= 11 is 0. The van der Waals surface area contributed by atoms with Gasteiger partial charge < -0.3 is 9.47 Å². The SMILES string of the molecule is COC(=O)C=Cc1ccc(C=CC(=O)OC)cc1. The second-order valence-corrected chi connectivity index (χ2v) is 3.38. The van der Waals surface area contributed by atoms with Crippen molar-refractivity contribution >= 4 is 24.1 Å². The molecular formula is C14H14O4. The van der Waals surface area contributed by atoms with Gasteiger partial charge in [-0.25, -0.2) is 9.59 Å². The predicted molar refractivity (Wildman–Crippen MR) is 68.5 cm³/mol. The second kappa shape index (κ2) is 7.06. The Morgan fingerprint density at radius 3 is 1.44 bits per heavy atom. The van der Waals surface area contributed by atoms with Crippen LogP contribution in [0.25, 0.3) is 12.2 Å². The monoisotopic (exact) mass is 246 g/mol. The molecule has 1 rings (SSSR count). The summed E-state index contributed by atoms with van der Waals surface area (Å²) in [6.45, 7) is 0. The standard InChI is InChI=1S/C14H14O4/c1-17-13(15)9-7-11-3-5-12(6-4-11)8-10-14(16)18-2/h3-10H,1-2H3. The Bertz CT molecular complexity index is 424. The molecule has 1 aromatic carbocycles. The Hall–Kier alpha value is -2.36. The molecule has 0 bridgehead atoms. The minimum atomic E-state index is -0.398. The normalized spacial score (nSPS) is 10.8. The van der Waals surface area contributed by atoms with Crippen LogP contribution in [-0.4, -0.2) is 26.2 Å². The molecule has 0 amide bonds. The molecule has 0 spiro atoms. The van der Waals surface area contributed by atoms with Crippen LogP contribution in [0.5, 0.6) is 0 Å². The van der Waals surface area contributed by atoms with Crippen molar-refractivity contribution in [3.8, 4) is 0 Å². The summed E-state index contributed by atoms with van der Waals surface area (Å²) in [5.74, 6) is -0.797. The number of esters is 2. The predicted octanol–water partition coefficient (Wildman–Crippen LogP) is 2.06. The van der Waals surface area contributed by atoms with E-state index >= 15 is 0 Å². The number of methoxy groups -OCH3 is 2. The van der Waals surface area contributed by atoms with E-state index in [0.717, 1.165) is 11.1 Å². The van der Waals surface area contributed by atoms with E-state index in [0.29, 0.717) is 0 Å². The van der Waals surface area contributed by atoms with E-state index in [1.807, 2.05) is 24.3 Å². The number of benzene rings is 1. The quantitative estimate of drug-likeness (QED) is 0.602. The maximum Gasteiger partial charge on any atom is 0.330 e. The number of rotatable bonds is 4. The first-order valence-corrected chi connectivity index (χ1v) is 5.28. The maximum atomic E-state index is 10.9. The lowest BCUT2D eigenvalue weighted by atomic mass is 10.1. The smallest absolute Gasteiger partial charge is 0.330 e. The van der Waals surface area contributed by atoms with Crippen molar-refractivity contribution in [2.24, 2.45) is 0 Å². The Labute approximate surface area is 106 Å². The molecular weight excluding hydrogens is 232 g/mol. The zero-order valence-electron chi connectivity index (χ0n) is 10.3. The summed E-state index contributed by atoms with van der Waals surface area (Å²) < 4.78 is 8.97. The second-order valence-electron chi connectivity index (χ2n) is 3.38. The first-order chi connectivity index (χ1) is 8.65. The van der Waals surface area contributed by atoms with Gasteiger partial charge in [-0.2, -0.15) is 0 Å². The van der Waals surface area contributed by atoms with E-state index in [1.54, 1.807) is 12.2 Å². The molecule has 0 aromatic heterocycles. The first-order valence-electron chi connectivity index (χ1n) is 5.28. The number of hydrogen-bond donors (Lipinski definition) is 0. The molecule has 0 radical (unpaired) electrons. The van der Waals surface area contributed by atoms with Crippen LogP contribution in [0.15, 0.2) is 36.4 Å². The van der Waals surface area contributed by atoms with Gasteiger partial charge >= 0.3 is 11.9 Å². The average Bonchev–Trinajstić information content (AvgIpc) is 2.43. The van der Waals surface area contributed by atoms with Gasteiger partial charge in [0.1, 0.15) is 0 Å². The van der Waals surface area contributed by atoms with Crippen LogP contribution < -0.4 is 0 Å².